The summed E-state index contributed by atoms with van der Waals surface area (Å²) in [7, 11) is 0. The monoisotopic (exact) mass is 395 g/mol. The Bertz CT molecular complexity index is 915. The number of fused-ring (bicyclic) bond motifs is 1. The zero-order valence-electron chi connectivity index (χ0n) is 13.7. The number of amides is 1. The van der Waals surface area contributed by atoms with Crippen LogP contribution in [-0.2, 0) is 12.8 Å². The molecule has 0 saturated carbocycles. The number of aromatic nitrogens is 2. The van der Waals surface area contributed by atoms with Gasteiger partial charge in [-0.3, -0.25) is 9.89 Å². The van der Waals surface area contributed by atoms with Crippen molar-refractivity contribution in [2.75, 3.05) is 5.32 Å². The Kier molecular flexibility index (Phi) is 4.40. The quantitative estimate of drug-likeness (QED) is 0.657. The van der Waals surface area contributed by atoms with Gasteiger partial charge in [-0.25, -0.2) is 0 Å². The van der Waals surface area contributed by atoms with Crippen molar-refractivity contribution in [3.8, 4) is 11.3 Å². The molecular formula is C20H18BrN3O. The van der Waals surface area contributed by atoms with E-state index < -0.39 is 0 Å². The van der Waals surface area contributed by atoms with E-state index in [-0.39, 0.29) is 5.91 Å². The van der Waals surface area contributed by atoms with Crippen LogP contribution in [-0.4, -0.2) is 16.1 Å². The Morgan fingerprint density at radius 1 is 1.08 bits per heavy atom. The summed E-state index contributed by atoms with van der Waals surface area (Å²) in [6, 6.07) is 15.8. The van der Waals surface area contributed by atoms with Crippen molar-refractivity contribution in [2.24, 2.45) is 0 Å². The highest BCUT2D eigenvalue weighted by Gasteiger charge is 2.16. The van der Waals surface area contributed by atoms with Crippen LogP contribution in [0.4, 0.5) is 5.69 Å². The maximum absolute atomic E-state index is 12.6. The zero-order valence-corrected chi connectivity index (χ0v) is 15.3. The summed E-state index contributed by atoms with van der Waals surface area (Å²) in [4.78, 5) is 12.6. The van der Waals surface area contributed by atoms with Crippen molar-refractivity contribution in [2.45, 2.75) is 25.7 Å². The molecule has 0 saturated heterocycles. The predicted octanol–water partition coefficient (Wildman–Crippen LogP) is 4.97. The van der Waals surface area contributed by atoms with Crippen molar-refractivity contribution in [1.82, 2.24) is 10.2 Å². The molecule has 0 unspecified atom stereocenters. The van der Waals surface area contributed by atoms with Crippen LogP contribution in [0.5, 0.6) is 0 Å². The topological polar surface area (TPSA) is 57.8 Å². The number of aryl methyl sites for hydroxylation is 1. The number of nitrogens with one attached hydrogen (secondary N) is 2. The van der Waals surface area contributed by atoms with E-state index in [0.717, 1.165) is 34.3 Å². The van der Waals surface area contributed by atoms with Gasteiger partial charge in [-0.05, 0) is 61.1 Å². The van der Waals surface area contributed by atoms with Gasteiger partial charge < -0.3 is 5.32 Å². The van der Waals surface area contributed by atoms with Crippen LogP contribution in [0.25, 0.3) is 11.3 Å². The smallest absolute Gasteiger partial charge is 0.273 e. The third kappa shape index (κ3) is 3.37. The number of carbonyl (C=O) groups excluding carboxylic acids is 1. The standard InChI is InChI=1S/C20H18BrN3O/c21-15-10-8-14(9-11-15)18-12-19(24-23-18)20(25)22-17-7-3-5-13-4-1-2-6-16(13)17/h3,5,7-12H,1-2,4,6H2,(H,22,25)(H,23,24). The third-order valence-electron chi connectivity index (χ3n) is 4.61. The van der Waals surface area contributed by atoms with E-state index >= 15 is 0 Å². The molecule has 1 aliphatic rings. The number of halogens is 1. The Hall–Kier alpha value is -2.40. The molecule has 3 aromatic rings. The van der Waals surface area contributed by atoms with Crippen molar-refractivity contribution in [3.05, 3.63) is 69.8 Å². The van der Waals surface area contributed by atoms with Gasteiger partial charge in [-0.1, -0.05) is 40.2 Å². The average molecular weight is 396 g/mol. The van der Waals surface area contributed by atoms with Gasteiger partial charge in [0.05, 0.1) is 5.69 Å². The summed E-state index contributed by atoms with van der Waals surface area (Å²) < 4.78 is 1.01. The van der Waals surface area contributed by atoms with E-state index in [9.17, 15) is 4.79 Å². The number of benzene rings is 2. The minimum absolute atomic E-state index is 0.158. The van der Waals surface area contributed by atoms with Gasteiger partial charge in [-0.15, -0.1) is 0 Å². The fraction of sp³-hybridized carbons (Fsp3) is 0.200. The Morgan fingerprint density at radius 3 is 2.72 bits per heavy atom. The van der Waals surface area contributed by atoms with E-state index in [4.69, 9.17) is 0 Å². The van der Waals surface area contributed by atoms with Crippen molar-refractivity contribution in [1.29, 1.82) is 0 Å². The molecule has 0 spiro atoms. The Balaban J connectivity index is 1.55. The molecule has 0 atom stereocenters. The summed E-state index contributed by atoms with van der Waals surface area (Å²) in [5.41, 5.74) is 5.73. The van der Waals surface area contributed by atoms with Gasteiger partial charge >= 0.3 is 0 Å². The first-order valence-corrected chi connectivity index (χ1v) is 9.23. The number of hydrogen-bond donors (Lipinski definition) is 2. The number of carbonyl (C=O) groups is 1. The number of anilines is 1. The molecule has 1 aliphatic carbocycles. The first kappa shape index (κ1) is 16.1. The molecule has 0 radical (unpaired) electrons. The molecule has 1 heterocycles. The van der Waals surface area contributed by atoms with Crippen LogP contribution in [0.2, 0.25) is 0 Å². The molecule has 25 heavy (non-hydrogen) atoms. The van der Waals surface area contributed by atoms with Gasteiger partial charge in [0.15, 0.2) is 0 Å². The van der Waals surface area contributed by atoms with E-state index in [1.54, 1.807) is 6.07 Å². The normalized spacial score (nSPS) is 13.3. The molecule has 5 heteroatoms. The summed E-state index contributed by atoms with van der Waals surface area (Å²) in [5.74, 6) is -0.158. The van der Waals surface area contributed by atoms with Gasteiger partial charge in [-0.2, -0.15) is 5.10 Å². The third-order valence-corrected chi connectivity index (χ3v) is 5.14. The summed E-state index contributed by atoms with van der Waals surface area (Å²) in [5, 5.41) is 10.2. The number of aromatic amines is 1. The second-order valence-corrected chi connectivity index (χ2v) is 7.19. The molecule has 4 rings (SSSR count). The minimum Gasteiger partial charge on any atom is -0.320 e. The molecule has 0 bridgehead atoms. The molecule has 2 N–H and O–H groups in total. The first-order chi connectivity index (χ1) is 12.2. The van der Waals surface area contributed by atoms with Crippen LogP contribution in [0.1, 0.15) is 34.5 Å². The molecule has 4 nitrogen and oxygen atoms in total. The summed E-state index contributed by atoms with van der Waals surface area (Å²) in [6.07, 6.45) is 4.52. The fourth-order valence-electron chi connectivity index (χ4n) is 3.29. The molecular weight excluding hydrogens is 378 g/mol. The van der Waals surface area contributed by atoms with Crippen LogP contribution in [0.15, 0.2) is 53.0 Å². The second kappa shape index (κ2) is 6.84. The number of hydrogen-bond acceptors (Lipinski definition) is 2. The minimum atomic E-state index is -0.158. The lowest BCUT2D eigenvalue weighted by Crippen LogP contribution is -2.15. The van der Waals surface area contributed by atoms with E-state index in [1.807, 2.05) is 36.4 Å². The van der Waals surface area contributed by atoms with Gasteiger partial charge in [0.1, 0.15) is 5.69 Å². The van der Waals surface area contributed by atoms with Crippen LogP contribution >= 0.6 is 15.9 Å². The maximum atomic E-state index is 12.6. The number of H-pyrrole nitrogens is 1. The van der Waals surface area contributed by atoms with Gasteiger partial charge in [0.25, 0.3) is 5.91 Å². The van der Waals surface area contributed by atoms with E-state index in [1.165, 1.54) is 24.0 Å². The second-order valence-electron chi connectivity index (χ2n) is 6.28. The summed E-state index contributed by atoms with van der Waals surface area (Å²) >= 11 is 3.42. The van der Waals surface area contributed by atoms with Crippen molar-refractivity contribution < 1.29 is 4.79 Å². The van der Waals surface area contributed by atoms with Crippen molar-refractivity contribution >= 4 is 27.5 Å². The van der Waals surface area contributed by atoms with Crippen LogP contribution in [0.3, 0.4) is 0 Å². The van der Waals surface area contributed by atoms with E-state index in [2.05, 4.69) is 37.5 Å². The Morgan fingerprint density at radius 2 is 1.88 bits per heavy atom. The zero-order chi connectivity index (χ0) is 17.2. The SMILES string of the molecule is O=C(Nc1cccc2c1CCCC2)c1cc(-c2ccc(Br)cc2)n[nH]1. The fourth-order valence-corrected chi connectivity index (χ4v) is 3.56. The Labute approximate surface area is 154 Å². The predicted molar refractivity (Wildman–Crippen MR) is 103 cm³/mol. The maximum Gasteiger partial charge on any atom is 0.273 e. The van der Waals surface area contributed by atoms with E-state index in [0.29, 0.717) is 5.69 Å². The number of rotatable bonds is 3. The van der Waals surface area contributed by atoms with Gasteiger partial charge in [0, 0.05) is 15.7 Å². The largest absolute Gasteiger partial charge is 0.320 e. The highest BCUT2D eigenvalue weighted by Crippen LogP contribution is 2.28. The lowest BCUT2D eigenvalue weighted by molar-refractivity contribution is 0.102. The van der Waals surface area contributed by atoms with Crippen LogP contribution < -0.4 is 5.32 Å². The van der Waals surface area contributed by atoms with Crippen LogP contribution in [0, 0.1) is 0 Å². The molecule has 1 amide bonds. The molecule has 126 valence electrons. The molecule has 0 fully saturated rings. The molecule has 2 aromatic carbocycles. The summed E-state index contributed by atoms with van der Waals surface area (Å²) in [6.45, 7) is 0. The lowest BCUT2D eigenvalue weighted by atomic mass is 9.90. The number of nitrogens with zero attached hydrogens (tertiary/aromatic N) is 1. The average Bonchev–Trinajstić information content (AvgIpc) is 3.13. The first-order valence-electron chi connectivity index (χ1n) is 8.44. The highest BCUT2D eigenvalue weighted by atomic mass is 79.9. The van der Waals surface area contributed by atoms with Gasteiger partial charge in [0.2, 0.25) is 0 Å². The molecule has 0 aliphatic heterocycles. The molecule has 1 aromatic heterocycles. The highest BCUT2D eigenvalue weighted by molar-refractivity contribution is 9.10. The van der Waals surface area contributed by atoms with Crippen molar-refractivity contribution in [3.63, 3.8) is 0 Å². The lowest BCUT2D eigenvalue weighted by Gasteiger charge is -2.19.